The molecule has 2 aromatic rings. The minimum atomic E-state index is 0.115. The normalized spacial score (nSPS) is 18.0. The lowest BCUT2D eigenvalue weighted by atomic mass is 9.95. The molecule has 1 atom stereocenters. The standard InChI is InChI=1S/C18H20N2O/c1-13-9-14(2)11-17(10-13)16-5-8-20(12-16)18(21)15-3-6-19-7-4-15/h3-4,6-7,9-11,16H,5,8,12H2,1-2H3/t16-/m0/s1. The predicted molar refractivity (Wildman–Crippen MR) is 83.4 cm³/mol. The molecule has 0 radical (unpaired) electrons. The molecule has 3 heteroatoms. The first-order valence-electron chi connectivity index (χ1n) is 7.41. The summed E-state index contributed by atoms with van der Waals surface area (Å²) in [5.74, 6) is 0.568. The maximum absolute atomic E-state index is 12.5. The van der Waals surface area contributed by atoms with Gasteiger partial charge in [0.05, 0.1) is 0 Å². The maximum Gasteiger partial charge on any atom is 0.253 e. The van der Waals surface area contributed by atoms with Crippen molar-refractivity contribution in [3.05, 3.63) is 65.0 Å². The van der Waals surface area contributed by atoms with E-state index in [1.165, 1.54) is 16.7 Å². The van der Waals surface area contributed by atoms with Gasteiger partial charge in [0.2, 0.25) is 0 Å². The number of hydrogen-bond donors (Lipinski definition) is 0. The quantitative estimate of drug-likeness (QED) is 0.845. The topological polar surface area (TPSA) is 33.2 Å². The molecule has 1 saturated heterocycles. The van der Waals surface area contributed by atoms with Crippen molar-refractivity contribution in [3.8, 4) is 0 Å². The van der Waals surface area contributed by atoms with Crippen molar-refractivity contribution >= 4 is 5.91 Å². The SMILES string of the molecule is Cc1cc(C)cc([C@H]2CCN(C(=O)c3ccncc3)C2)c1. The van der Waals surface area contributed by atoms with Crippen LogP contribution in [-0.2, 0) is 0 Å². The van der Waals surface area contributed by atoms with Gasteiger partial charge < -0.3 is 4.90 Å². The average Bonchev–Trinajstić information content (AvgIpc) is 2.96. The molecule has 108 valence electrons. The summed E-state index contributed by atoms with van der Waals surface area (Å²) in [6, 6.07) is 10.3. The summed E-state index contributed by atoms with van der Waals surface area (Å²) in [5.41, 5.74) is 4.68. The molecule has 2 heterocycles. The molecule has 1 fully saturated rings. The number of aromatic nitrogens is 1. The third kappa shape index (κ3) is 2.97. The minimum Gasteiger partial charge on any atom is -0.338 e. The van der Waals surface area contributed by atoms with Crippen molar-refractivity contribution in [2.75, 3.05) is 13.1 Å². The summed E-state index contributed by atoms with van der Waals surface area (Å²) in [7, 11) is 0. The first kappa shape index (κ1) is 13.8. The largest absolute Gasteiger partial charge is 0.338 e. The zero-order valence-electron chi connectivity index (χ0n) is 12.5. The van der Waals surface area contributed by atoms with Crippen LogP contribution in [0.5, 0.6) is 0 Å². The van der Waals surface area contributed by atoms with Crippen molar-refractivity contribution in [2.45, 2.75) is 26.2 Å². The number of pyridine rings is 1. The van der Waals surface area contributed by atoms with Gasteiger partial charge in [0.1, 0.15) is 0 Å². The van der Waals surface area contributed by atoms with Crippen molar-refractivity contribution in [1.29, 1.82) is 0 Å². The number of amides is 1. The van der Waals surface area contributed by atoms with E-state index in [1.807, 2.05) is 4.90 Å². The van der Waals surface area contributed by atoms with E-state index in [9.17, 15) is 4.79 Å². The third-order valence-electron chi connectivity index (χ3n) is 4.12. The molecule has 0 bridgehead atoms. The molecule has 1 aliphatic rings. The van der Waals surface area contributed by atoms with Crippen LogP contribution >= 0.6 is 0 Å². The monoisotopic (exact) mass is 280 g/mol. The molecule has 0 spiro atoms. The van der Waals surface area contributed by atoms with Gasteiger partial charge in [-0.2, -0.15) is 0 Å². The highest BCUT2D eigenvalue weighted by molar-refractivity contribution is 5.94. The molecule has 0 aliphatic carbocycles. The van der Waals surface area contributed by atoms with Crippen molar-refractivity contribution in [3.63, 3.8) is 0 Å². The van der Waals surface area contributed by atoms with Crippen LogP contribution < -0.4 is 0 Å². The zero-order valence-corrected chi connectivity index (χ0v) is 12.5. The summed E-state index contributed by atoms with van der Waals surface area (Å²) >= 11 is 0. The Morgan fingerprint density at radius 1 is 1.14 bits per heavy atom. The van der Waals surface area contributed by atoms with E-state index < -0.39 is 0 Å². The lowest BCUT2D eigenvalue weighted by Crippen LogP contribution is -2.28. The summed E-state index contributed by atoms with van der Waals surface area (Å²) < 4.78 is 0. The van der Waals surface area contributed by atoms with Crippen LogP contribution in [0.3, 0.4) is 0 Å². The summed E-state index contributed by atoms with van der Waals surface area (Å²) in [6.07, 6.45) is 4.38. The number of likely N-dealkylation sites (tertiary alicyclic amines) is 1. The second-order valence-corrected chi connectivity index (χ2v) is 5.89. The number of rotatable bonds is 2. The molecule has 1 aliphatic heterocycles. The van der Waals surface area contributed by atoms with Crippen LogP contribution in [0.15, 0.2) is 42.7 Å². The number of aryl methyl sites for hydroxylation is 2. The van der Waals surface area contributed by atoms with Crippen LogP contribution in [0.1, 0.15) is 39.4 Å². The van der Waals surface area contributed by atoms with Gasteiger partial charge >= 0.3 is 0 Å². The lowest BCUT2D eigenvalue weighted by Gasteiger charge is -2.17. The van der Waals surface area contributed by atoms with Gasteiger partial charge in [0, 0.05) is 37.0 Å². The van der Waals surface area contributed by atoms with Crippen LogP contribution in [0.25, 0.3) is 0 Å². The second-order valence-electron chi connectivity index (χ2n) is 5.89. The molecule has 0 unspecified atom stereocenters. The summed E-state index contributed by atoms with van der Waals surface area (Å²) in [5, 5.41) is 0. The van der Waals surface area contributed by atoms with Gasteiger partial charge in [0.15, 0.2) is 0 Å². The number of carbonyl (C=O) groups excluding carboxylic acids is 1. The van der Waals surface area contributed by atoms with Gasteiger partial charge in [-0.05, 0) is 38.0 Å². The van der Waals surface area contributed by atoms with Gasteiger partial charge in [-0.3, -0.25) is 9.78 Å². The van der Waals surface area contributed by atoms with Crippen molar-refractivity contribution < 1.29 is 4.79 Å². The van der Waals surface area contributed by atoms with E-state index in [1.54, 1.807) is 24.5 Å². The number of benzene rings is 1. The van der Waals surface area contributed by atoms with E-state index in [-0.39, 0.29) is 5.91 Å². The van der Waals surface area contributed by atoms with Gasteiger partial charge in [0.25, 0.3) is 5.91 Å². The van der Waals surface area contributed by atoms with E-state index in [0.717, 1.165) is 25.1 Å². The molecule has 1 amide bonds. The zero-order chi connectivity index (χ0) is 14.8. The Bertz CT molecular complexity index is 631. The van der Waals surface area contributed by atoms with Gasteiger partial charge in [-0.1, -0.05) is 29.3 Å². The van der Waals surface area contributed by atoms with Crippen LogP contribution in [0, 0.1) is 13.8 Å². The number of hydrogen-bond acceptors (Lipinski definition) is 2. The Hall–Kier alpha value is -2.16. The van der Waals surface area contributed by atoms with Crippen molar-refractivity contribution in [2.24, 2.45) is 0 Å². The fourth-order valence-corrected chi connectivity index (χ4v) is 3.14. The van der Waals surface area contributed by atoms with Crippen LogP contribution in [0.4, 0.5) is 0 Å². The van der Waals surface area contributed by atoms with E-state index in [0.29, 0.717) is 5.92 Å². The second kappa shape index (κ2) is 5.68. The predicted octanol–water partition coefficient (Wildman–Crippen LogP) is 3.33. The Balaban J connectivity index is 1.75. The van der Waals surface area contributed by atoms with Gasteiger partial charge in [-0.15, -0.1) is 0 Å². The molecule has 3 rings (SSSR count). The summed E-state index contributed by atoms with van der Waals surface area (Å²) in [4.78, 5) is 18.4. The highest BCUT2D eigenvalue weighted by Crippen LogP contribution is 2.29. The molecule has 1 aromatic carbocycles. The smallest absolute Gasteiger partial charge is 0.253 e. The molecule has 0 N–H and O–H groups in total. The van der Waals surface area contributed by atoms with E-state index >= 15 is 0 Å². The average molecular weight is 280 g/mol. The molecule has 21 heavy (non-hydrogen) atoms. The summed E-state index contributed by atoms with van der Waals surface area (Å²) in [6.45, 7) is 5.90. The van der Waals surface area contributed by atoms with Gasteiger partial charge in [-0.25, -0.2) is 0 Å². The van der Waals surface area contributed by atoms with E-state index in [2.05, 4.69) is 37.0 Å². The molecule has 3 nitrogen and oxygen atoms in total. The lowest BCUT2D eigenvalue weighted by molar-refractivity contribution is 0.0790. The highest BCUT2D eigenvalue weighted by Gasteiger charge is 2.28. The Kier molecular flexibility index (Phi) is 3.74. The minimum absolute atomic E-state index is 0.115. The molecular formula is C18H20N2O. The Labute approximate surface area is 125 Å². The van der Waals surface area contributed by atoms with Crippen molar-refractivity contribution in [1.82, 2.24) is 9.88 Å². The Morgan fingerprint density at radius 3 is 2.48 bits per heavy atom. The van der Waals surface area contributed by atoms with Crippen LogP contribution in [0.2, 0.25) is 0 Å². The molecular weight excluding hydrogens is 260 g/mol. The van der Waals surface area contributed by atoms with E-state index in [4.69, 9.17) is 0 Å². The number of nitrogens with zero attached hydrogens (tertiary/aromatic N) is 2. The maximum atomic E-state index is 12.5. The van der Waals surface area contributed by atoms with Crippen LogP contribution in [-0.4, -0.2) is 28.9 Å². The highest BCUT2D eigenvalue weighted by atomic mass is 16.2. The fourth-order valence-electron chi connectivity index (χ4n) is 3.14. The Morgan fingerprint density at radius 2 is 1.81 bits per heavy atom. The number of carbonyl (C=O) groups is 1. The fraction of sp³-hybridized carbons (Fsp3) is 0.333. The first-order chi connectivity index (χ1) is 10.1. The first-order valence-corrected chi connectivity index (χ1v) is 7.41. The molecule has 0 saturated carbocycles. The third-order valence-corrected chi connectivity index (χ3v) is 4.12. The molecule has 1 aromatic heterocycles.